The number of fused-ring (bicyclic) bond motifs is 3. The zero-order chi connectivity index (χ0) is 22.3. The van der Waals surface area contributed by atoms with Crippen molar-refractivity contribution < 1.29 is 13.2 Å². The van der Waals surface area contributed by atoms with Crippen LogP contribution in [0.1, 0.15) is 16.0 Å². The van der Waals surface area contributed by atoms with Crippen molar-refractivity contribution in [3.63, 3.8) is 0 Å². The number of morpholine rings is 1. The lowest BCUT2D eigenvalue weighted by molar-refractivity contribution is 0.0362. The van der Waals surface area contributed by atoms with E-state index in [0.717, 1.165) is 48.9 Å². The minimum absolute atomic E-state index is 0.0319. The Balaban J connectivity index is 1.40. The van der Waals surface area contributed by atoms with Crippen molar-refractivity contribution in [1.82, 2.24) is 18.8 Å². The summed E-state index contributed by atoms with van der Waals surface area (Å²) in [7, 11) is -3.58. The van der Waals surface area contributed by atoms with Gasteiger partial charge < -0.3 is 4.74 Å². The number of aryl methyl sites for hydroxylation is 1. The van der Waals surface area contributed by atoms with Crippen LogP contribution in [0, 0.1) is 6.92 Å². The summed E-state index contributed by atoms with van der Waals surface area (Å²) in [5.41, 5.74) is 1.94. The molecule has 8 nitrogen and oxygen atoms in total. The van der Waals surface area contributed by atoms with Crippen LogP contribution in [0.25, 0.3) is 10.2 Å². The molecule has 0 N–H and O–H groups in total. The largest absolute Gasteiger partial charge is 0.379 e. The maximum absolute atomic E-state index is 13.2. The molecule has 1 fully saturated rings. The van der Waals surface area contributed by atoms with Gasteiger partial charge in [0, 0.05) is 44.1 Å². The smallest absolute Gasteiger partial charge is 0.262 e. The third-order valence-electron chi connectivity index (χ3n) is 6.21. The number of hydrogen-bond donors (Lipinski definition) is 0. The zero-order valence-corrected chi connectivity index (χ0v) is 19.6. The van der Waals surface area contributed by atoms with E-state index in [1.165, 1.54) is 15.6 Å². The molecule has 0 radical (unpaired) electrons. The van der Waals surface area contributed by atoms with Gasteiger partial charge in [-0.1, -0.05) is 17.7 Å². The second-order valence-electron chi connectivity index (χ2n) is 8.28. The van der Waals surface area contributed by atoms with Crippen molar-refractivity contribution >= 4 is 31.6 Å². The van der Waals surface area contributed by atoms with Gasteiger partial charge in [-0.05, 0) is 31.0 Å². The molecule has 0 unspecified atom stereocenters. The van der Waals surface area contributed by atoms with E-state index in [1.807, 2.05) is 19.1 Å². The third kappa shape index (κ3) is 4.01. The molecule has 10 heteroatoms. The van der Waals surface area contributed by atoms with Gasteiger partial charge >= 0.3 is 0 Å². The molecule has 0 amide bonds. The summed E-state index contributed by atoms with van der Waals surface area (Å²) in [5, 5.41) is 0.655. The van der Waals surface area contributed by atoms with Crippen LogP contribution in [0.5, 0.6) is 0 Å². The average molecular weight is 475 g/mol. The maximum atomic E-state index is 13.2. The van der Waals surface area contributed by atoms with Crippen molar-refractivity contribution in [2.75, 3.05) is 39.4 Å². The normalized spacial score (nSPS) is 18.2. The van der Waals surface area contributed by atoms with Gasteiger partial charge in [-0.3, -0.25) is 14.3 Å². The fourth-order valence-electron chi connectivity index (χ4n) is 4.29. The van der Waals surface area contributed by atoms with E-state index in [9.17, 15) is 13.2 Å². The highest BCUT2D eigenvalue weighted by Crippen LogP contribution is 2.34. The van der Waals surface area contributed by atoms with Crippen molar-refractivity contribution in [2.24, 2.45) is 0 Å². The van der Waals surface area contributed by atoms with E-state index in [4.69, 9.17) is 4.74 Å². The summed E-state index contributed by atoms with van der Waals surface area (Å²) < 4.78 is 34.8. The molecule has 2 aliphatic rings. The molecule has 0 bridgehead atoms. The summed E-state index contributed by atoms with van der Waals surface area (Å²) >= 11 is 1.43. The average Bonchev–Trinajstić information content (AvgIpc) is 3.18. The van der Waals surface area contributed by atoms with E-state index >= 15 is 0 Å². The standard InChI is InChI=1S/C22H26N4O4S2/c1-16-2-4-17(5-3-16)32(28,29)26-7-6-18-19(14-26)31-21-20(18)22(27)25(15-23-21)9-8-24-10-12-30-13-11-24/h2-5,15H,6-14H2,1H3. The van der Waals surface area contributed by atoms with Crippen molar-refractivity contribution in [3.8, 4) is 0 Å². The second-order valence-corrected chi connectivity index (χ2v) is 11.3. The first-order valence-electron chi connectivity index (χ1n) is 10.8. The van der Waals surface area contributed by atoms with E-state index in [0.29, 0.717) is 34.6 Å². The first-order valence-corrected chi connectivity index (χ1v) is 13.1. The van der Waals surface area contributed by atoms with E-state index < -0.39 is 10.0 Å². The predicted molar refractivity (Wildman–Crippen MR) is 124 cm³/mol. The van der Waals surface area contributed by atoms with Gasteiger partial charge in [-0.2, -0.15) is 4.31 Å². The van der Waals surface area contributed by atoms with E-state index in [-0.39, 0.29) is 12.1 Å². The predicted octanol–water partition coefficient (Wildman–Crippen LogP) is 1.85. The number of nitrogens with zero attached hydrogens (tertiary/aromatic N) is 4. The highest BCUT2D eigenvalue weighted by Gasteiger charge is 2.31. The molecular weight excluding hydrogens is 448 g/mol. The van der Waals surface area contributed by atoms with Crippen molar-refractivity contribution in [2.45, 2.75) is 31.3 Å². The van der Waals surface area contributed by atoms with Crippen LogP contribution in [0.15, 0.2) is 40.3 Å². The van der Waals surface area contributed by atoms with Gasteiger partial charge in [0.15, 0.2) is 0 Å². The lowest BCUT2D eigenvalue weighted by Crippen LogP contribution is -2.39. The minimum Gasteiger partial charge on any atom is -0.379 e. The van der Waals surface area contributed by atoms with E-state index in [1.54, 1.807) is 23.0 Å². The SMILES string of the molecule is Cc1ccc(S(=O)(=O)N2CCc3c(sc4ncn(CCN5CCOCC5)c(=O)c34)C2)cc1. The molecule has 0 saturated carbocycles. The topological polar surface area (TPSA) is 84.7 Å². The fraction of sp³-hybridized carbons (Fsp3) is 0.455. The Morgan fingerprint density at radius 2 is 1.84 bits per heavy atom. The number of rotatable bonds is 5. The van der Waals surface area contributed by atoms with Crippen LogP contribution in [-0.2, 0) is 34.3 Å². The molecule has 0 atom stereocenters. The molecule has 0 aliphatic carbocycles. The number of aromatic nitrogens is 2. The molecular formula is C22H26N4O4S2. The summed E-state index contributed by atoms with van der Waals surface area (Å²) in [4.78, 5) is 22.0. The van der Waals surface area contributed by atoms with Gasteiger partial charge in [-0.15, -0.1) is 11.3 Å². The monoisotopic (exact) mass is 474 g/mol. The first kappa shape index (κ1) is 21.7. The van der Waals surface area contributed by atoms with Gasteiger partial charge in [0.1, 0.15) is 4.83 Å². The quantitative estimate of drug-likeness (QED) is 0.561. The Hall–Kier alpha value is -2.11. The molecule has 2 aromatic heterocycles. The van der Waals surface area contributed by atoms with Crippen LogP contribution in [0.2, 0.25) is 0 Å². The fourth-order valence-corrected chi connectivity index (χ4v) is 6.98. The van der Waals surface area contributed by atoms with Crippen LogP contribution >= 0.6 is 11.3 Å². The van der Waals surface area contributed by atoms with Crippen LogP contribution in [0.3, 0.4) is 0 Å². The van der Waals surface area contributed by atoms with Crippen LogP contribution in [0.4, 0.5) is 0 Å². The lowest BCUT2D eigenvalue weighted by atomic mass is 10.1. The van der Waals surface area contributed by atoms with E-state index in [2.05, 4.69) is 9.88 Å². The summed E-state index contributed by atoms with van der Waals surface area (Å²) in [5.74, 6) is 0. The third-order valence-corrected chi connectivity index (χ3v) is 9.20. The van der Waals surface area contributed by atoms with Gasteiger partial charge in [0.25, 0.3) is 5.56 Å². The maximum Gasteiger partial charge on any atom is 0.262 e. The molecule has 32 heavy (non-hydrogen) atoms. The minimum atomic E-state index is -3.58. The number of benzene rings is 1. The lowest BCUT2D eigenvalue weighted by Gasteiger charge is -2.26. The number of sulfonamides is 1. The summed E-state index contributed by atoms with van der Waals surface area (Å²) in [6.07, 6.45) is 2.14. The van der Waals surface area contributed by atoms with Gasteiger partial charge in [0.2, 0.25) is 10.0 Å². The highest BCUT2D eigenvalue weighted by atomic mass is 32.2. The molecule has 1 aromatic carbocycles. The highest BCUT2D eigenvalue weighted by molar-refractivity contribution is 7.89. The van der Waals surface area contributed by atoms with Crippen LogP contribution in [-0.4, -0.2) is 66.6 Å². The molecule has 3 aromatic rings. The first-order chi connectivity index (χ1) is 15.4. The molecule has 0 spiro atoms. The Kier molecular flexibility index (Phi) is 5.89. The molecule has 2 aliphatic heterocycles. The van der Waals surface area contributed by atoms with Gasteiger partial charge in [0.05, 0.1) is 29.8 Å². The Morgan fingerprint density at radius 3 is 2.59 bits per heavy atom. The number of ether oxygens (including phenoxy) is 1. The van der Waals surface area contributed by atoms with Crippen molar-refractivity contribution in [1.29, 1.82) is 0 Å². The zero-order valence-electron chi connectivity index (χ0n) is 18.0. The number of hydrogen-bond acceptors (Lipinski definition) is 7. The second kappa shape index (κ2) is 8.68. The Bertz CT molecular complexity index is 1290. The summed E-state index contributed by atoms with van der Waals surface area (Å²) in [6.45, 7) is 7.15. The van der Waals surface area contributed by atoms with Crippen molar-refractivity contribution in [3.05, 3.63) is 57.0 Å². The molecule has 170 valence electrons. The summed E-state index contributed by atoms with van der Waals surface area (Å²) in [6, 6.07) is 6.93. The Morgan fingerprint density at radius 1 is 1.09 bits per heavy atom. The molecule has 5 rings (SSSR count). The molecule has 1 saturated heterocycles. The molecule has 4 heterocycles. The van der Waals surface area contributed by atoms with Crippen LogP contribution < -0.4 is 5.56 Å². The van der Waals surface area contributed by atoms with Gasteiger partial charge in [-0.25, -0.2) is 13.4 Å². The Labute approximate surface area is 191 Å². The number of thiophene rings is 1.